The summed E-state index contributed by atoms with van der Waals surface area (Å²) in [4.78, 5) is 0.482. The number of rotatable bonds is 23. The van der Waals surface area contributed by atoms with E-state index in [-0.39, 0.29) is 58.9 Å². The normalized spacial score (nSPS) is 12.8. The topological polar surface area (TPSA) is 167 Å². The van der Waals surface area contributed by atoms with Gasteiger partial charge in [-0.2, -0.15) is 32.1 Å². The Morgan fingerprint density at radius 1 is 0.393 bits per heavy atom. The molecule has 0 aromatic heterocycles. The van der Waals surface area contributed by atoms with Gasteiger partial charge in [0.1, 0.15) is 0 Å². The summed E-state index contributed by atoms with van der Waals surface area (Å²) in [6.45, 7) is 7.55. The van der Waals surface area contributed by atoms with Crippen molar-refractivity contribution in [3.05, 3.63) is 119 Å². The van der Waals surface area contributed by atoms with Gasteiger partial charge in [0, 0.05) is 62.3 Å². The van der Waals surface area contributed by atoms with E-state index < -0.39 is 40.1 Å². The van der Waals surface area contributed by atoms with E-state index in [2.05, 4.69) is 9.44 Å². The lowest BCUT2D eigenvalue weighted by Crippen LogP contribution is -2.42. The number of nitrogens with zero attached hydrogens (tertiary/aromatic N) is 2. The number of aryl methyl sites for hydroxylation is 4. The van der Waals surface area contributed by atoms with Crippen LogP contribution >= 0.6 is 23.5 Å². The Morgan fingerprint density at radius 3 is 0.946 bits per heavy atom. The molecule has 4 aromatic carbocycles. The smallest absolute Gasteiger partial charge is 0.210 e. The fourth-order valence-electron chi connectivity index (χ4n) is 5.28. The highest BCUT2D eigenvalue weighted by Crippen LogP contribution is 2.21. The molecule has 0 unspecified atom stereocenters. The van der Waals surface area contributed by atoms with Gasteiger partial charge in [-0.15, -0.1) is 0 Å². The largest absolute Gasteiger partial charge is 0.243 e. The minimum atomic E-state index is -4.04. The zero-order valence-electron chi connectivity index (χ0n) is 31.9. The van der Waals surface area contributed by atoms with Gasteiger partial charge in [0.15, 0.2) is 0 Å². The maximum atomic E-state index is 14.0. The molecular weight excluding hydrogens is 833 g/mol. The van der Waals surface area contributed by atoms with Gasteiger partial charge in [-0.1, -0.05) is 70.8 Å². The predicted octanol–water partition coefficient (Wildman–Crippen LogP) is 5.03. The molecule has 0 spiro atoms. The van der Waals surface area contributed by atoms with Crippen molar-refractivity contribution in [1.82, 2.24) is 18.1 Å². The average molecular weight is 883 g/mol. The summed E-state index contributed by atoms with van der Waals surface area (Å²) in [6.07, 6.45) is 0. The fraction of sp³-hybridized carbons (Fsp3) is 0.368. The summed E-state index contributed by atoms with van der Waals surface area (Å²) in [5.41, 5.74) is 3.65. The summed E-state index contributed by atoms with van der Waals surface area (Å²) >= 11 is 2.75. The molecule has 0 atom stereocenters. The van der Waals surface area contributed by atoms with Crippen LogP contribution in [0.4, 0.5) is 0 Å². The first kappa shape index (κ1) is 45.9. The van der Waals surface area contributed by atoms with E-state index in [1.165, 1.54) is 80.7 Å². The van der Waals surface area contributed by atoms with Crippen molar-refractivity contribution in [3.63, 3.8) is 0 Å². The van der Waals surface area contributed by atoms with Gasteiger partial charge < -0.3 is 0 Å². The molecule has 306 valence electrons. The number of sulfonamides is 4. The Bertz CT molecular complexity index is 2140. The number of nitrogens with one attached hydrogen (secondary N) is 2. The van der Waals surface area contributed by atoms with Crippen LogP contribution in [-0.2, 0) is 40.1 Å². The predicted molar refractivity (Wildman–Crippen MR) is 227 cm³/mol. The van der Waals surface area contributed by atoms with Crippen LogP contribution in [0.25, 0.3) is 0 Å². The zero-order chi connectivity index (χ0) is 41.0. The molecule has 18 heteroatoms. The molecule has 0 saturated carbocycles. The van der Waals surface area contributed by atoms with Gasteiger partial charge in [0.25, 0.3) is 0 Å². The third-order valence-electron chi connectivity index (χ3n) is 8.63. The lowest BCUT2D eigenvalue weighted by atomic mass is 10.2. The van der Waals surface area contributed by atoms with E-state index in [0.29, 0.717) is 23.0 Å². The van der Waals surface area contributed by atoms with Gasteiger partial charge in [0.05, 0.1) is 19.6 Å². The lowest BCUT2D eigenvalue weighted by Gasteiger charge is -2.27. The van der Waals surface area contributed by atoms with E-state index in [1.807, 2.05) is 27.7 Å². The minimum absolute atomic E-state index is 0.0554. The molecule has 0 radical (unpaired) electrons. The van der Waals surface area contributed by atoms with Crippen LogP contribution in [0.2, 0.25) is 0 Å². The van der Waals surface area contributed by atoms with Crippen molar-refractivity contribution in [2.45, 2.75) is 47.3 Å². The van der Waals surface area contributed by atoms with Crippen molar-refractivity contribution in [2.24, 2.45) is 0 Å². The Hall–Kier alpha value is -2.78. The van der Waals surface area contributed by atoms with Crippen LogP contribution in [0.15, 0.2) is 117 Å². The first-order chi connectivity index (χ1) is 26.4. The monoisotopic (exact) mass is 882 g/mol. The van der Waals surface area contributed by atoms with Crippen LogP contribution in [0.3, 0.4) is 0 Å². The minimum Gasteiger partial charge on any atom is -0.210 e. The second kappa shape index (κ2) is 20.8. The van der Waals surface area contributed by atoms with Crippen molar-refractivity contribution < 1.29 is 33.7 Å². The van der Waals surface area contributed by atoms with Gasteiger partial charge >= 0.3 is 0 Å². The summed E-state index contributed by atoms with van der Waals surface area (Å²) < 4.78 is 114. The van der Waals surface area contributed by atoms with Crippen LogP contribution in [0.1, 0.15) is 22.3 Å². The number of hydrogen-bond acceptors (Lipinski definition) is 10. The van der Waals surface area contributed by atoms with Crippen molar-refractivity contribution in [3.8, 4) is 0 Å². The Labute approximate surface area is 342 Å². The van der Waals surface area contributed by atoms with Crippen LogP contribution in [0.5, 0.6) is 0 Å². The lowest BCUT2D eigenvalue weighted by molar-refractivity contribution is 0.361. The number of thioether (sulfide) groups is 2. The summed E-state index contributed by atoms with van der Waals surface area (Å²) in [7, 11) is -15.5. The quantitative estimate of drug-likeness (QED) is 0.0966. The van der Waals surface area contributed by atoms with Gasteiger partial charge in [0.2, 0.25) is 40.1 Å². The second-order valence-electron chi connectivity index (χ2n) is 13.1. The third kappa shape index (κ3) is 13.4. The maximum absolute atomic E-state index is 14.0. The Kier molecular flexibility index (Phi) is 17.0. The second-order valence-corrected chi connectivity index (χ2v) is 22.9. The molecule has 0 saturated heterocycles. The number of benzene rings is 4. The van der Waals surface area contributed by atoms with Crippen molar-refractivity contribution in [2.75, 3.05) is 62.3 Å². The molecule has 4 rings (SSSR count). The van der Waals surface area contributed by atoms with Crippen molar-refractivity contribution >= 4 is 63.6 Å². The molecule has 4 aromatic rings. The van der Waals surface area contributed by atoms with E-state index in [0.717, 1.165) is 22.3 Å². The Morgan fingerprint density at radius 2 is 0.661 bits per heavy atom. The van der Waals surface area contributed by atoms with Crippen LogP contribution < -0.4 is 9.44 Å². The molecule has 12 nitrogen and oxygen atoms in total. The Balaban J connectivity index is 1.42. The van der Waals surface area contributed by atoms with E-state index in [9.17, 15) is 33.7 Å². The standard InChI is InChI=1S/C38H50N4O8S6/c1-31-5-13-35(14-6-31)53(43,44)39-21-27-51-29-25-41(55(47,48)37-17-9-33(3)10-18-37)23-24-42(56(49,50)38-19-11-34(4)12-20-38)26-30-52-28-22-40-54(45,46)36-15-7-32(2)8-16-36/h5-20,39-40H,21-30H2,1-4H3. The highest BCUT2D eigenvalue weighted by Gasteiger charge is 2.29. The first-order valence-electron chi connectivity index (χ1n) is 17.8. The van der Waals surface area contributed by atoms with Crippen molar-refractivity contribution in [1.29, 1.82) is 0 Å². The summed E-state index contributed by atoms with van der Waals surface area (Å²) in [6, 6.07) is 25.9. The summed E-state index contributed by atoms with van der Waals surface area (Å²) in [5.74, 6) is 1.43. The van der Waals surface area contributed by atoms with Crippen LogP contribution in [0, 0.1) is 27.7 Å². The molecule has 0 bridgehead atoms. The van der Waals surface area contributed by atoms with E-state index in [4.69, 9.17) is 0 Å². The molecular formula is C38H50N4O8S6. The highest BCUT2D eigenvalue weighted by molar-refractivity contribution is 7.99. The van der Waals surface area contributed by atoms with E-state index >= 15 is 0 Å². The molecule has 0 fully saturated rings. The van der Waals surface area contributed by atoms with Gasteiger partial charge in [-0.3, -0.25) is 0 Å². The highest BCUT2D eigenvalue weighted by atomic mass is 32.2. The zero-order valence-corrected chi connectivity index (χ0v) is 36.8. The van der Waals surface area contributed by atoms with Crippen LogP contribution in [-0.4, -0.2) is 105 Å². The molecule has 2 N–H and O–H groups in total. The average Bonchev–Trinajstić information content (AvgIpc) is 3.15. The SMILES string of the molecule is Cc1ccc(S(=O)(=O)NCCSCCN(CCN(CCSCCNS(=O)(=O)c2ccc(C)cc2)S(=O)(=O)c2ccc(C)cc2)S(=O)(=O)c2ccc(C)cc2)cc1. The van der Waals surface area contributed by atoms with E-state index in [1.54, 1.807) is 48.5 Å². The maximum Gasteiger partial charge on any atom is 0.243 e. The van der Waals surface area contributed by atoms with Gasteiger partial charge in [-0.25, -0.2) is 43.1 Å². The molecule has 0 aliphatic heterocycles. The van der Waals surface area contributed by atoms with Gasteiger partial charge in [-0.05, 0) is 76.2 Å². The third-order valence-corrected chi connectivity index (χ3v) is 17.3. The molecule has 56 heavy (non-hydrogen) atoms. The molecule has 0 aliphatic rings. The fourth-order valence-corrected chi connectivity index (χ4v) is 12.3. The summed E-state index contributed by atoms with van der Waals surface area (Å²) in [5, 5.41) is 0. The molecule has 0 heterocycles. The number of hydrogen-bond donors (Lipinski definition) is 2. The molecule has 0 amide bonds. The molecule has 0 aliphatic carbocycles. The first-order valence-corrected chi connectivity index (χ1v) is 26.0.